The fourth-order valence-electron chi connectivity index (χ4n) is 4.99. The highest BCUT2D eigenvalue weighted by Crippen LogP contribution is 2.39. The highest BCUT2D eigenvalue weighted by atomic mass is 16.5. The van der Waals surface area contributed by atoms with Crippen molar-refractivity contribution in [3.05, 3.63) is 36.4 Å². The highest BCUT2D eigenvalue weighted by Gasteiger charge is 2.34. The van der Waals surface area contributed by atoms with Gasteiger partial charge in [0.05, 0.1) is 11.4 Å². The number of carbonyl (C=O) groups excluding carboxylic acids is 1. The maximum atomic E-state index is 13.0. The predicted molar refractivity (Wildman–Crippen MR) is 120 cm³/mol. The lowest BCUT2D eigenvalue weighted by Gasteiger charge is -2.37. The molecule has 1 aliphatic carbocycles. The Morgan fingerprint density at radius 3 is 2.69 bits per heavy atom. The molecule has 2 aromatic carbocycles. The summed E-state index contributed by atoms with van der Waals surface area (Å²) in [5, 5.41) is 2.27. The molecule has 1 aliphatic heterocycles. The molecule has 4 nitrogen and oxygen atoms in total. The molecule has 0 amide bonds. The number of carbonyl (C=O) groups is 1. The van der Waals surface area contributed by atoms with Crippen molar-refractivity contribution in [2.24, 2.45) is 22.7 Å². The second-order valence-corrected chi connectivity index (χ2v) is 8.97. The van der Waals surface area contributed by atoms with Crippen molar-refractivity contribution in [1.29, 1.82) is 0 Å². The summed E-state index contributed by atoms with van der Waals surface area (Å²) in [4.78, 5) is 19.9. The molecule has 29 heavy (non-hydrogen) atoms. The Morgan fingerprint density at radius 2 is 1.97 bits per heavy atom. The van der Waals surface area contributed by atoms with Gasteiger partial charge in [0.1, 0.15) is 18.5 Å². The lowest BCUT2D eigenvalue weighted by atomic mass is 9.75. The minimum atomic E-state index is -0.146. The summed E-state index contributed by atoms with van der Waals surface area (Å²) in [5.41, 5.74) is 2.04. The van der Waals surface area contributed by atoms with Crippen molar-refractivity contribution in [2.75, 3.05) is 11.4 Å². The van der Waals surface area contributed by atoms with Crippen LogP contribution in [-0.4, -0.2) is 24.5 Å². The number of ether oxygens (including phenoxy) is 1. The zero-order valence-corrected chi connectivity index (χ0v) is 18.0. The average Bonchev–Trinajstić information content (AvgIpc) is 2.69. The number of anilines is 1. The number of benzene rings is 2. The van der Waals surface area contributed by atoms with Gasteiger partial charge in [-0.3, -0.25) is 4.79 Å². The van der Waals surface area contributed by atoms with E-state index in [-0.39, 0.29) is 18.6 Å². The minimum Gasteiger partial charge on any atom is -0.461 e. The number of esters is 1. The molecule has 0 radical (unpaired) electrons. The van der Waals surface area contributed by atoms with Gasteiger partial charge in [0.2, 0.25) is 0 Å². The van der Waals surface area contributed by atoms with Crippen molar-refractivity contribution in [2.45, 2.75) is 59.5 Å². The van der Waals surface area contributed by atoms with Gasteiger partial charge in [-0.2, -0.15) is 0 Å². The molecule has 1 unspecified atom stereocenters. The van der Waals surface area contributed by atoms with Gasteiger partial charge >= 0.3 is 5.97 Å². The van der Waals surface area contributed by atoms with Crippen LogP contribution >= 0.6 is 0 Å². The first-order valence-corrected chi connectivity index (χ1v) is 11.0. The van der Waals surface area contributed by atoms with Gasteiger partial charge in [-0.1, -0.05) is 58.4 Å². The van der Waals surface area contributed by atoms with E-state index in [0.29, 0.717) is 17.8 Å². The number of aliphatic imine (C=N–C) groups is 1. The first kappa shape index (κ1) is 19.9. The summed E-state index contributed by atoms with van der Waals surface area (Å²) in [7, 11) is 0. The van der Waals surface area contributed by atoms with E-state index in [0.717, 1.165) is 47.2 Å². The topological polar surface area (TPSA) is 41.9 Å². The highest BCUT2D eigenvalue weighted by molar-refractivity contribution is 6.15. The van der Waals surface area contributed by atoms with Crippen LogP contribution in [0.5, 0.6) is 0 Å². The lowest BCUT2D eigenvalue weighted by molar-refractivity contribution is -0.154. The Hall–Kier alpha value is -2.36. The van der Waals surface area contributed by atoms with Gasteiger partial charge in [0.15, 0.2) is 0 Å². The van der Waals surface area contributed by atoms with Crippen LogP contribution < -0.4 is 4.90 Å². The van der Waals surface area contributed by atoms with Crippen molar-refractivity contribution in [3.8, 4) is 0 Å². The summed E-state index contributed by atoms with van der Waals surface area (Å²) >= 11 is 0. The van der Waals surface area contributed by atoms with E-state index in [1.54, 1.807) is 0 Å². The first-order valence-electron chi connectivity index (χ1n) is 11.0. The fourth-order valence-corrected chi connectivity index (χ4v) is 4.99. The van der Waals surface area contributed by atoms with E-state index in [1.165, 1.54) is 6.42 Å². The molecule has 2 aromatic rings. The van der Waals surface area contributed by atoms with Gasteiger partial charge < -0.3 is 9.64 Å². The third kappa shape index (κ3) is 3.90. The van der Waals surface area contributed by atoms with Crippen LogP contribution in [0.4, 0.5) is 11.4 Å². The summed E-state index contributed by atoms with van der Waals surface area (Å²) < 4.78 is 6.08. The van der Waals surface area contributed by atoms with Gasteiger partial charge in [-0.15, -0.1) is 0 Å². The molecule has 0 saturated heterocycles. The lowest BCUT2D eigenvalue weighted by Crippen LogP contribution is -2.41. The third-order valence-corrected chi connectivity index (χ3v) is 6.56. The average molecular weight is 393 g/mol. The quantitative estimate of drug-likeness (QED) is 0.577. The molecule has 1 heterocycles. The number of nitrogens with zero attached hydrogens (tertiary/aromatic N) is 2. The zero-order chi connectivity index (χ0) is 20.5. The summed E-state index contributed by atoms with van der Waals surface area (Å²) in [6, 6.07) is 12.4. The summed E-state index contributed by atoms with van der Waals surface area (Å²) in [5.74, 6) is 2.38. The molecule has 154 valence electrons. The van der Waals surface area contributed by atoms with Crippen LogP contribution in [0.25, 0.3) is 10.8 Å². The van der Waals surface area contributed by atoms with E-state index < -0.39 is 0 Å². The summed E-state index contributed by atoms with van der Waals surface area (Å²) in [6.45, 7) is 9.05. The van der Waals surface area contributed by atoms with E-state index in [2.05, 4.69) is 52.0 Å². The van der Waals surface area contributed by atoms with Crippen molar-refractivity contribution in [1.82, 2.24) is 0 Å². The second-order valence-electron chi connectivity index (χ2n) is 8.97. The molecule has 0 spiro atoms. The Balaban J connectivity index is 1.58. The van der Waals surface area contributed by atoms with Crippen LogP contribution in [0.2, 0.25) is 0 Å². The molecule has 0 N–H and O–H groups in total. The predicted octanol–water partition coefficient (Wildman–Crippen LogP) is 6.10. The maximum Gasteiger partial charge on any atom is 0.326 e. The van der Waals surface area contributed by atoms with E-state index in [9.17, 15) is 4.79 Å². The van der Waals surface area contributed by atoms with E-state index in [1.807, 2.05) is 17.0 Å². The number of rotatable bonds is 5. The normalized spacial score (nSPS) is 24.0. The number of amidine groups is 1. The maximum absolute atomic E-state index is 13.0. The van der Waals surface area contributed by atoms with Crippen molar-refractivity contribution in [3.63, 3.8) is 0 Å². The fraction of sp³-hybridized carbons (Fsp3) is 0.520. The SMILES string of the molecule is CCC1=Nc2cccc3cccc(c23)N1CC(=O)O[C@@H]1C[C@H](C)CCC1C(C)C. The van der Waals surface area contributed by atoms with Crippen LogP contribution in [-0.2, 0) is 9.53 Å². The summed E-state index contributed by atoms with van der Waals surface area (Å²) in [6.07, 6.45) is 4.15. The molecule has 4 heteroatoms. The number of hydrogen-bond acceptors (Lipinski definition) is 4. The molecule has 3 atom stereocenters. The van der Waals surface area contributed by atoms with Gasteiger partial charge in [0, 0.05) is 11.8 Å². The molecule has 1 saturated carbocycles. The second kappa shape index (κ2) is 8.17. The molecular weight excluding hydrogens is 360 g/mol. The largest absolute Gasteiger partial charge is 0.461 e. The third-order valence-electron chi connectivity index (χ3n) is 6.56. The van der Waals surface area contributed by atoms with E-state index >= 15 is 0 Å². The van der Waals surface area contributed by atoms with Crippen molar-refractivity contribution >= 4 is 34.0 Å². The van der Waals surface area contributed by atoms with Crippen LogP contribution in [0.1, 0.15) is 53.4 Å². The van der Waals surface area contributed by atoms with Crippen molar-refractivity contribution < 1.29 is 9.53 Å². The Bertz CT molecular complexity index is 928. The first-order chi connectivity index (χ1) is 14.0. The Labute approximate surface area is 174 Å². The molecule has 2 aliphatic rings. The monoisotopic (exact) mass is 392 g/mol. The molecule has 0 bridgehead atoms. The van der Waals surface area contributed by atoms with Gasteiger partial charge in [-0.25, -0.2) is 4.99 Å². The molecule has 4 rings (SSSR count). The Morgan fingerprint density at radius 1 is 1.21 bits per heavy atom. The minimum absolute atomic E-state index is 0.0288. The van der Waals surface area contributed by atoms with Crippen LogP contribution in [0.15, 0.2) is 41.4 Å². The molecular formula is C25H32N2O2. The number of hydrogen-bond donors (Lipinski definition) is 0. The molecule has 1 fully saturated rings. The zero-order valence-electron chi connectivity index (χ0n) is 18.0. The standard InChI is InChI=1S/C25H32N2O2/c1-5-23-26-20-10-6-8-18-9-7-11-21(25(18)20)27(23)15-24(28)29-22-14-17(4)12-13-19(22)16(2)3/h6-11,16-17,19,22H,5,12-15H2,1-4H3/t17-,19?,22-/m1/s1. The van der Waals surface area contributed by atoms with Crippen LogP contribution in [0.3, 0.4) is 0 Å². The van der Waals surface area contributed by atoms with Gasteiger partial charge in [-0.05, 0) is 48.1 Å². The van der Waals surface area contributed by atoms with E-state index in [4.69, 9.17) is 9.73 Å². The smallest absolute Gasteiger partial charge is 0.326 e. The Kier molecular flexibility index (Phi) is 5.62. The van der Waals surface area contributed by atoms with Crippen LogP contribution in [0, 0.1) is 17.8 Å². The van der Waals surface area contributed by atoms with Gasteiger partial charge in [0.25, 0.3) is 0 Å². The molecule has 0 aromatic heterocycles.